The van der Waals surface area contributed by atoms with Gasteiger partial charge in [-0.25, -0.2) is 4.98 Å². The van der Waals surface area contributed by atoms with Crippen LogP contribution in [-0.2, 0) is 0 Å². The van der Waals surface area contributed by atoms with Crippen LogP contribution in [0.15, 0.2) is 36.5 Å². The first kappa shape index (κ1) is 12.3. The molecule has 1 aliphatic heterocycles. The molecule has 0 saturated carbocycles. The van der Waals surface area contributed by atoms with Gasteiger partial charge in [-0.2, -0.15) is 0 Å². The number of carbonyl (C=O) groups excluding carboxylic acids is 2. The van der Waals surface area contributed by atoms with Crippen molar-refractivity contribution in [3.63, 3.8) is 0 Å². The lowest BCUT2D eigenvalue weighted by atomic mass is 10.2. The van der Waals surface area contributed by atoms with Gasteiger partial charge in [0.15, 0.2) is 0 Å². The van der Waals surface area contributed by atoms with Gasteiger partial charge in [-0.1, -0.05) is 6.07 Å². The van der Waals surface area contributed by atoms with Crippen molar-refractivity contribution in [1.29, 1.82) is 0 Å². The van der Waals surface area contributed by atoms with Gasteiger partial charge in [0, 0.05) is 11.9 Å². The molecule has 1 N–H and O–H groups in total. The molecule has 3 heterocycles. The molecule has 3 rings (SSSR count). The van der Waals surface area contributed by atoms with E-state index in [4.69, 9.17) is 0 Å². The molecule has 0 spiro atoms. The van der Waals surface area contributed by atoms with Crippen LogP contribution in [0, 0.1) is 6.92 Å². The van der Waals surface area contributed by atoms with Crippen LogP contribution in [0.3, 0.4) is 0 Å². The van der Waals surface area contributed by atoms with Crippen LogP contribution in [0.4, 0.5) is 5.82 Å². The minimum absolute atomic E-state index is 0.0739. The van der Waals surface area contributed by atoms with Gasteiger partial charge >= 0.3 is 0 Å². The molecular formula is C14H12N4O2. The molecule has 0 aliphatic carbocycles. The summed E-state index contributed by atoms with van der Waals surface area (Å²) in [6, 6.07) is 8.76. The van der Waals surface area contributed by atoms with Crippen LogP contribution in [0.2, 0.25) is 0 Å². The van der Waals surface area contributed by atoms with Crippen molar-refractivity contribution in [3.05, 3.63) is 53.5 Å². The number of carbonyl (C=O) groups is 2. The van der Waals surface area contributed by atoms with Crippen LogP contribution in [0.5, 0.6) is 0 Å². The summed E-state index contributed by atoms with van der Waals surface area (Å²) in [5.41, 5.74) is 1.41. The molecular weight excluding hydrogens is 256 g/mol. The molecule has 2 aromatic heterocycles. The molecule has 0 aromatic carbocycles. The number of amides is 2. The molecule has 0 atom stereocenters. The summed E-state index contributed by atoms with van der Waals surface area (Å²) >= 11 is 0. The Kier molecular flexibility index (Phi) is 2.90. The third-order valence-electron chi connectivity index (χ3n) is 3.04. The van der Waals surface area contributed by atoms with E-state index in [0.29, 0.717) is 11.4 Å². The van der Waals surface area contributed by atoms with E-state index < -0.39 is 0 Å². The van der Waals surface area contributed by atoms with Crippen molar-refractivity contribution in [1.82, 2.24) is 14.9 Å². The van der Waals surface area contributed by atoms with E-state index in [0.717, 1.165) is 10.6 Å². The molecule has 20 heavy (non-hydrogen) atoms. The minimum Gasteiger partial charge on any atom is -0.352 e. The van der Waals surface area contributed by atoms with Gasteiger partial charge < -0.3 is 5.32 Å². The highest BCUT2D eigenvalue weighted by molar-refractivity contribution is 6.20. The molecule has 0 bridgehead atoms. The Balaban J connectivity index is 1.77. The standard InChI is InChI=1S/C14H12N4O2/c1-9-4-2-6-11(17-9)16-8-18-13(19)10-5-3-7-15-12(10)14(18)20/h2-7H,8H2,1H3,(H,16,17). The first-order valence-corrected chi connectivity index (χ1v) is 6.15. The second-order valence-corrected chi connectivity index (χ2v) is 4.44. The number of imide groups is 1. The summed E-state index contributed by atoms with van der Waals surface area (Å²) in [7, 11) is 0. The fourth-order valence-electron chi connectivity index (χ4n) is 2.06. The molecule has 0 fully saturated rings. The Labute approximate surface area is 115 Å². The average Bonchev–Trinajstić information content (AvgIpc) is 2.70. The number of hydrogen-bond donors (Lipinski definition) is 1. The maximum absolute atomic E-state index is 12.1. The largest absolute Gasteiger partial charge is 0.352 e. The minimum atomic E-state index is -0.384. The zero-order valence-electron chi connectivity index (χ0n) is 10.8. The number of fused-ring (bicyclic) bond motifs is 1. The number of anilines is 1. The quantitative estimate of drug-likeness (QED) is 0.853. The Hall–Kier alpha value is -2.76. The summed E-state index contributed by atoms with van der Waals surface area (Å²) in [4.78, 5) is 33.5. The van der Waals surface area contributed by atoms with E-state index in [2.05, 4.69) is 15.3 Å². The average molecular weight is 268 g/mol. The van der Waals surface area contributed by atoms with E-state index in [-0.39, 0.29) is 24.2 Å². The molecule has 1 aliphatic rings. The number of pyridine rings is 2. The van der Waals surface area contributed by atoms with E-state index in [9.17, 15) is 9.59 Å². The van der Waals surface area contributed by atoms with Crippen LogP contribution in [0.25, 0.3) is 0 Å². The Morgan fingerprint density at radius 3 is 2.75 bits per heavy atom. The Morgan fingerprint density at radius 1 is 1.15 bits per heavy atom. The summed E-state index contributed by atoms with van der Waals surface area (Å²) in [6.45, 7) is 1.95. The first-order chi connectivity index (χ1) is 9.66. The normalized spacial score (nSPS) is 13.6. The summed E-state index contributed by atoms with van der Waals surface area (Å²) in [5.74, 6) is -0.0986. The predicted molar refractivity (Wildman–Crippen MR) is 72.2 cm³/mol. The molecule has 6 heteroatoms. The van der Waals surface area contributed by atoms with Gasteiger partial charge in [-0.05, 0) is 31.2 Å². The predicted octanol–water partition coefficient (Wildman–Crippen LogP) is 1.45. The van der Waals surface area contributed by atoms with E-state index >= 15 is 0 Å². The molecule has 0 unspecified atom stereocenters. The number of rotatable bonds is 3. The summed E-state index contributed by atoms with van der Waals surface area (Å²) in [6.07, 6.45) is 1.50. The number of hydrogen-bond acceptors (Lipinski definition) is 5. The fourth-order valence-corrected chi connectivity index (χ4v) is 2.06. The van der Waals surface area contributed by atoms with Crippen molar-refractivity contribution in [2.45, 2.75) is 6.92 Å². The van der Waals surface area contributed by atoms with Gasteiger partial charge in [0.25, 0.3) is 11.8 Å². The monoisotopic (exact) mass is 268 g/mol. The van der Waals surface area contributed by atoms with Crippen molar-refractivity contribution < 1.29 is 9.59 Å². The van der Waals surface area contributed by atoms with Crippen LogP contribution >= 0.6 is 0 Å². The zero-order chi connectivity index (χ0) is 14.1. The van der Waals surface area contributed by atoms with Gasteiger partial charge in [0.2, 0.25) is 0 Å². The molecule has 0 radical (unpaired) electrons. The maximum Gasteiger partial charge on any atom is 0.281 e. The third kappa shape index (κ3) is 2.01. The zero-order valence-corrected chi connectivity index (χ0v) is 10.8. The second kappa shape index (κ2) is 4.73. The molecule has 2 amide bonds. The highest BCUT2D eigenvalue weighted by atomic mass is 16.2. The van der Waals surface area contributed by atoms with Crippen molar-refractivity contribution >= 4 is 17.6 Å². The molecule has 2 aromatic rings. The third-order valence-corrected chi connectivity index (χ3v) is 3.04. The Bertz CT molecular complexity index is 664. The highest BCUT2D eigenvalue weighted by Crippen LogP contribution is 2.20. The molecule has 6 nitrogen and oxygen atoms in total. The SMILES string of the molecule is Cc1cccc(NCN2C(=O)c3cccnc3C2=O)n1. The Morgan fingerprint density at radius 2 is 2.00 bits per heavy atom. The van der Waals surface area contributed by atoms with Crippen LogP contribution < -0.4 is 5.32 Å². The molecule has 100 valence electrons. The highest BCUT2D eigenvalue weighted by Gasteiger charge is 2.36. The molecule has 0 saturated heterocycles. The number of nitrogens with zero attached hydrogens (tertiary/aromatic N) is 3. The van der Waals surface area contributed by atoms with Crippen LogP contribution in [-0.4, -0.2) is 33.4 Å². The van der Waals surface area contributed by atoms with Crippen molar-refractivity contribution in [2.75, 3.05) is 12.0 Å². The summed E-state index contributed by atoms with van der Waals surface area (Å²) in [5, 5.41) is 2.97. The number of nitrogens with one attached hydrogen (secondary N) is 1. The number of aryl methyl sites for hydroxylation is 1. The topological polar surface area (TPSA) is 75.2 Å². The van der Waals surface area contributed by atoms with Gasteiger partial charge in [-0.3, -0.25) is 19.5 Å². The maximum atomic E-state index is 12.1. The first-order valence-electron chi connectivity index (χ1n) is 6.15. The van der Waals surface area contributed by atoms with E-state index in [1.54, 1.807) is 18.2 Å². The van der Waals surface area contributed by atoms with Gasteiger partial charge in [-0.15, -0.1) is 0 Å². The van der Waals surface area contributed by atoms with Gasteiger partial charge in [0.1, 0.15) is 11.5 Å². The van der Waals surface area contributed by atoms with E-state index in [1.807, 2.05) is 19.1 Å². The van der Waals surface area contributed by atoms with Crippen LogP contribution in [0.1, 0.15) is 26.5 Å². The summed E-state index contributed by atoms with van der Waals surface area (Å²) < 4.78 is 0. The van der Waals surface area contributed by atoms with Gasteiger partial charge in [0.05, 0.1) is 12.2 Å². The smallest absolute Gasteiger partial charge is 0.281 e. The van der Waals surface area contributed by atoms with E-state index in [1.165, 1.54) is 6.20 Å². The van der Waals surface area contributed by atoms with Crippen molar-refractivity contribution in [2.24, 2.45) is 0 Å². The lowest BCUT2D eigenvalue weighted by Gasteiger charge is -2.14. The second-order valence-electron chi connectivity index (χ2n) is 4.44. The van der Waals surface area contributed by atoms with Crippen molar-refractivity contribution in [3.8, 4) is 0 Å². The number of aromatic nitrogens is 2. The lowest BCUT2D eigenvalue weighted by Crippen LogP contribution is -2.34. The lowest BCUT2D eigenvalue weighted by molar-refractivity contribution is 0.0664. The fraction of sp³-hybridized carbons (Fsp3) is 0.143.